The average molecular weight is 354 g/mol. The zero-order valence-corrected chi connectivity index (χ0v) is 14.4. The Morgan fingerprint density at radius 3 is 2.65 bits per heavy atom. The monoisotopic (exact) mass is 354 g/mol. The van der Waals surface area contributed by atoms with Crippen molar-refractivity contribution >= 4 is 23.6 Å². The van der Waals surface area contributed by atoms with Crippen LogP contribution in [0.25, 0.3) is 0 Å². The summed E-state index contributed by atoms with van der Waals surface area (Å²) in [4.78, 5) is 24.3. The number of benzene rings is 1. The van der Waals surface area contributed by atoms with E-state index < -0.39 is 5.97 Å². The number of hydrogen-bond donors (Lipinski definition) is 2. The van der Waals surface area contributed by atoms with Crippen LogP contribution in [-0.2, 0) is 22.6 Å². The normalized spacial score (nSPS) is 10.5. The van der Waals surface area contributed by atoms with E-state index in [0.717, 1.165) is 11.3 Å². The van der Waals surface area contributed by atoms with Gasteiger partial charge < -0.3 is 20.3 Å². The molecule has 0 fully saturated rings. The Kier molecular flexibility index (Phi) is 5.07. The van der Waals surface area contributed by atoms with Crippen molar-refractivity contribution < 1.29 is 14.1 Å². The van der Waals surface area contributed by atoms with E-state index in [-0.39, 0.29) is 30.7 Å². The molecule has 9 nitrogen and oxygen atoms in total. The van der Waals surface area contributed by atoms with Crippen molar-refractivity contribution in [1.82, 2.24) is 20.1 Å². The minimum absolute atomic E-state index is 0.0372. The highest BCUT2D eigenvalue weighted by molar-refractivity contribution is 5.73. The van der Waals surface area contributed by atoms with Crippen LogP contribution >= 0.6 is 0 Å². The van der Waals surface area contributed by atoms with Crippen LogP contribution in [-0.4, -0.2) is 26.1 Å². The number of aromatic nitrogens is 4. The molecule has 0 aliphatic rings. The van der Waals surface area contributed by atoms with Crippen molar-refractivity contribution in [2.45, 2.75) is 26.9 Å². The summed E-state index contributed by atoms with van der Waals surface area (Å²) < 4.78 is 10.3. The van der Waals surface area contributed by atoms with Gasteiger partial charge in [0.25, 0.3) is 0 Å². The number of nitrogens with zero attached hydrogens (tertiary/aromatic N) is 4. The molecular weight excluding hydrogens is 336 g/mol. The number of aryl methyl sites for hydroxylation is 2. The molecular formula is C17H18N6O3. The number of hydrogen-bond acceptors (Lipinski definition) is 9. The molecule has 3 N–H and O–H groups in total. The molecule has 0 aliphatic heterocycles. The molecule has 1 aromatic carbocycles. The van der Waals surface area contributed by atoms with Gasteiger partial charge in [-0.1, -0.05) is 23.4 Å². The number of nitrogens with one attached hydrogen (secondary N) is 1. The highest BCUT2D eigenvalue weighted by atomic mass is 16.5. The van der Waals surface area contributed by atoms with Gasteiger partial charge in [0.1, 0.15) is 5.76 Å². The van der Waals surface area contributed by atoms with E-state index in [2.05, 4.69) is 25.4 Å². The van der Waals surface area contributed by atoms with Gasteiger partial charge in [0.2, 0.25) is 11.9 Å². The van der Waals surface area contributed by atoms with Crippen LogP contribution in [0.1, 0.15) is 22.8 Å². The van der Waals surface area contributed by atoms with Gasteiger partial charge in [-0.15, -0.1) is 0 Å². The molecule has 0 unspecified atom stereocenters. The van der Waals surface area contributed by atoms with Gasteiger partial charge in [-0.05, 0) is 26.0 Å². The molecule has 134 valence electrons. The maximum Gasteiger partial charge on any atom is 0.310 e. The average Bonchev–Trinajstić information content (AvgIpc) is 2.92. The van der Waals surface area contributed by atoms with Gasteiger partial charge in [0.15, 0.2) is 12.4 Å². The van der Waals surface area contributed by atoms with Gasteiger partial charge in [-0.25, -0.2) is 0 Å². The predicted molar refractivity (Wildman–Crippen MR) is 93.4 cm³/mol. The van der Waals surface area contributed by atoms with Crippen molar-refractivity contribution in [3.05, 3.63) is 53.2 Å². The highest BCUT2D eigenvalue weighted by Crippen LogP contribution is 2.15. The first-order chi connectivity index (χ1) is 12.5. The van der Waals surface area contributed by atoms with Crippen LogP contribution in [0.4, 0.5) is 17.6 Å². The number of esters is 1. The van der Waals surface area contributed by atoms with E-state index in [1.807, 2.05) is 30.3 Å². The molecule has 3 aromatic rings. The molecule has 9 heteroatoms. The summed E-state index contributed by atoms with van der Waals surface area (Å²) in [5.74, 6) is 0.730. The minimum atomic E-state index is -0.434. The lowest BCUT2D eigenvalue weighted by Crippen LogP contribution is -2.13. The van der Waals surface area contributed by atoms with Crippen LogP contribution in [0, 0.1) is 13.8 Å². The Morgan fingerprint density at radius 2 is 1.96 bits per heavy atom. The Hall–Kier alpha value is -3.49. The fraction of sp³-hybridized carbons (Fsp3) is 0.235. The molecule has 26 heavy (non-hydrogen) atoms. The first-order valence-corrected chi connectivity index (χ1v) is 7.91. The van der Waals surface area contributed by atoms with E-state index in [1.54, 1.807) is 13.8 Å². The third kappa shape index (κ3) is 4.32. The quantitative estimate of drug-likeness (QED) is 0.639. The molecule has 0 radical (unpaired) electrons. The van der Waals surface area contributed by atoms with Gasteiger partial charge in [0, 0.05) is 11.3 Å². The first-order valence-electron chi connectivity index (χ1n) is 7.91. The summed E-state index contributed by atoms with van der Waals surface area (Å²) in [6, 6.07) is 9.39. The SMILES string of the molecule is Cc1noc(C)c1CC(=O)OCc1nc(N)nc(Nc2ccccc2)n1. The Morgan fingerprint density at radius 1 is 1.19 bits per heavy atom. The molecule has 2 aromatic heterocycles. The van der Waals surface area contributed by atoms with E-state index in [9.17, 15) is 4.79 Å². The van der Waals surface area contributed by atoms with Gasteiger partial charge in [0.05, 0.1) is 12.1 Å². The summed E-state index contributed by atoms with van der Waals surface area (Å²) in [6.45, 7) is 3.41. The summed E-state index contributed by atoms with van der Waals surface area (Å²) in [5, 5.41) is 6.83. The van der Waals surface area contributed by atoms with Gasteiger partial charge >= 0.3 is 5.97 Å². The lowest BCUT2D eigenvalue weighted by molar-refractivity contribution is -0.144. The number of rotatable bonds is 6. The third-order valence-electron chi connectivity index (χ3n) is 3.59. The highest BCUT2D eigenvalue weighted by Gasteiger charge is 2.15. The smallest absolute Gasteiger partial charge is 0.310 e. The first kappa shape index (κ1) is 17.3. The van der Waals surface area contributed by atoms with Crippen LogP contribution in [0.2, 0.25) is 0 Å². The number of nitrogens with two attached hydrogens (primary N) is 1. The Bertz CT molecular complexity index is 891. The second-order valence-electron chi connectivity index (χ2n) is 5.56. The maximum atomic E-state index is 12.0. The fourth-order valence-corrected chi connectivity index (χ4v) is 2.30. The molecule has 0 aliphatic carbocycles. The Balaban J connectivity index is 1.63. The molecule has 0 bridgehead atoms. The number of ether oxygens (including phenoxy) is 1. The summed E-state index contributed by atoms with van der Waals surface area (Å²) in [7, 11) is 0. The molecule has 0 amide bonds. The van der Waals surface area contributed by atoms with Crippen LogP contribution in [0.15, 0.2) is 34.9 Å². The zero-order chi connectivity index (χ0) is 18.5. The Labute approximate surface area is 149 Å². The van der Waals surface area contributed by atoms with E-state index in [4.69, 9.17) is 15.0 Å². The number of carbonyl (C=O) groups excluding carboxylic acids is 1. The maximum absolute atomic E-state index is 12.0. The van der Waals surface area contributed by atoms with Crippen molar-refractivity contribution in [3.63, 3.8) is 0 Å². The van der Waals surface area contributed by atoms with Crippen molar-refractivity contribution in [3.8, 4) is 0 Å². The van der Waals surface area contributed by atoms with Crippen molar-refractivity contribution in [2.24, 2.45) is 0 Å². The third-order valence-corrected chi connectivity index (χ3v) is 3.59. The summed E-state index contributed by atoms with van der Waals surface area (Å²) in [5.41, 5.74) is 7.89. The number of carbonyl (C=O) groups is 1. The summed E-state index contributed by atoms with van der Waals surface area (Å²) >= 11 is 0. The largest absolute Gasteiger partial charge is 0.457 e. The van der Waals surface area contributed by atoms with Crippen LogP contribution in [0.5, 0.6) is 0 Å². The lowest BCUT2D eigenvalue weighted by atomic mass is 10.1. The van der Waals surface area contributed by atoms with Crippen molar-refractivity contribution in [2.75, 3.05) is 11.1 Å². The molecule has 0 saturated carbocycles. The fourth-order valence-electron chi connectivity index (χ4n) is 2.30. The molecule has 0 spiro atoms. The minimum Gasteiger partial charge on any atom is -0.457 e. The second-order valence-corrected chi connectivity index (χ2v) is 5.56. The topological polar surface area (TPSA) is 129 Å². The molecule has 2 heterocycles. The van der Waals surface area contributed by atoms with E-state index in [0.29, 0.717) is 11.5 Å². The predicted octanol–water partition coefficient (Wildman–Crippen LogP) is 2.09. The summed E-state index contributed by atoms with van der Waals surface area (Å²) in [6.07, 6.45) is 0.0663. The van der Waals surface area contributed by atoms with Crippen molar-refractivity contribution in [1.29, 1.82) is 0 Å². The number of para-hydroxylation sites is 1. The molecule has 0 atom stereocenters. The number of anilines is 3. The second kappa shape index (κ2) is 7.60. The lowest BCUT2D eigenvalue weighted by Gasteiger charge is -2.08. The van der Waals surface area contributed by atoms with E-state index >= 15 is 0 Å². The van der Waals surface area contributed by atoms with Gasteiger partial charge in [-0.2, -0.15) is 15.0 Å². The standard InChI is InChI=1S/C17H18N6O3/c1-10-13(11(2)26-23-10)8-15(24)25-9-14-20-16(18)22-17(21-14)19-12-6-4-3-5-7-12/h3-7H,8-9H2,1-2H3,(H3,18,19,20,21,22). The number of nitrogen functional groups attached to an aromatic ring is 1. The molecule has 3 rings (SSSR count). The van der Waals surface area contributed by atoms with Crippen LogP contribution < -0.4 is 11.1 Å². The zero-order valence-electron chi connectivity index (χ0n) is 14.4. The van der Waals surface area contributed by atoms with Gasteiger partial charge in [-0.3, -0.25) is 4.79 Å². The van der Waals surface area contributed by atoms with Crippen LogP contribution in [0.3, 0.4) is 0 Å². The molecule has 0 saturated heterocycles. The van der Waals surface area contributed by atoms with E-state index in [1.165, 1.54) is 0 Å².